The van der Waals surface area contributed by atoms with Crippen molar-refractivity contribution in [3.8, 4) is 0 Å². The zero-order valence-electron chi connectivity index (χ0n) is 13.6. The van der Waals surface area contributed by atoms with Crippen molar-refractivity contribution >= 4 is 10.2 Å². The molecule has 0 radical (unpaired) electrons. The van der Waals surface area contributed by atoms with Crippen molar-refractivity contribution in [3.63, 3.8) is 0 Å². The fourth-order valence-electron chi connectivity index (χ4n) is 3.60. The summed E-state index contributed by atoms with van der Waals surface area (Å²) in [6.45, 7) is 1.02. The van der Waals surface area contributed by atoms with Gasteiger partial charge >= 0.3 is 0 Å². The molecule has 3 heterocycles. The molecule has 5 rings (SSSR count). The third-order valence-corrected chi connectivity index (χ3v) is 7.03. The molecule has 25 heavy (non-hydrogen) atoms. The number of rotatable bonds is 3. The molecule has 0 unspecified atom stereocenters. The number of aromatic amines is 1. The summed E-state index contributed by atoms with van der Waals surface area (Å²) in [5, 5.41) is 0. The molecule has 0 saturated heterocycles. The second kappa shape index (κ2) is 5.23. The lowest BCUT2D eigenvalue weighted by molar-refractivity contribution is 0.346. The zero-order valence-corrected chi connectivity index (χ0v) is 14.4. The van der Waals surface area contributed by atoms with Gasteiger partial charge < -0.3 is 4.98 Å². The summed E-state index contributed by atoms with van der Waals surface area (Å²) in [5.74, 6) is 1.04. The van der Waals surface area contributed by atoms with Crippen molar-refractivity contribution in [2.45, 2.75) is 44.9 Å². The van der Waals surface area contributed by atoms with Crippen molar-refractivity contribution in [1.29, 1.82) is 0 Å². The maximum absolute atomic E-state index is 13.0. The minimum atomic E-state index is -3.63. The van der Waals surface area contributed by atoms with Gasteiger partial charge in [-0.15, -0.1) is 0 Å². The van der Waals surface area contributed by atoms with Crippen LogP contribution in [0.4, 0.5) is 0 Å². The van der Waals surface area contributed by atoms with E-state index in [1.54, 1.807) is 0 Å². The summed E-state index contributed by atoms with van der Waals surface area (Å²) < 4.78 is 28.9. The van der Waals surface area contributed by atoms with Crippen molar-refractivity contribution in [3.05, 3.63) is 62.8 Å². The van der Waals surface area contributed by atoms with Gasteiger partial charge in [0.1, 0.15) is 5.82 Å². The van der Waals surface area contributed by atoms with Crippen LogP contribution in [-0.4, -0.2) is 27.0 Å². The van der Waals surface area contributed by atoms with Gasteiger partial charge in [0, 0.05) is 25.6 Å². The van der Waals surface area contributed by atoms with Gasteiger partial charge in [0.2, 0.25) is 0 Å². The lowest BCUT2D eigenvalue weighted by atomic mass is 10.1. The Bertz CT molecular complexity index is 1000. The van der Waals surface area contributed by atoms with Crippen LogP contribution in [0.3, 0.4) is 0 Å². The molecule has 8 heteroatoms. The molecule has 1 N–H and O–H groups in total. The van der Waals surface area contributed by atoms with Gasteiger partial charge in [-0.1, -0.05) is 24.3 Å². The zero-order chi connectivity index (χ0) is 17.2. The molecule has 130 valence electrons. The molecule has 0 bridgehead atoms. The predicted molar refractivity (Wildman–Crippen MR) is 90.7 cm³/mol. The Morgan fingerprint density at radius 2 is 1.64 bits per heavy atom. The van der Waals surface area contributed by atoms with E-state index in [0.29, 0.717) is 36.1 Å². The van der Waals surface area contributed by atoms with Crippen LogP contribution < -0.4 is 5.56 Å². The van der Waals surface area contributed by atoms with Crippen molar-refractivity contribution in [2.24, 2.45) is 0 Å². The van der Waals surface area contributed by atoms with E-state index in [2.05, 4.69) is 9.97 Å². The molecule has 1 aliphatic carbocycles. The van der Waals surface area contributed by atoms with Gasteiger partial charge in [0.05, 0.1) is 17.8 Å². The van der Waals surface area contributed by atoms with Crippen LogP contribution in [0.5, 0.6) is 0 Å². The Morgan fingerprint density at radius 3 is 2.28 bits per heavy atom. The Hall–Kier alpha value is -2.03. The van der Waals surface area contributed by atoms with E-state index in [1.807, 2.05) is 24.3 Å². The van der Waals surface area contributed by atoms with Gasteiger partial charge in [-0.3, -0.25) is 4.79 Å². The van der Waals surface area contributed by atoms with Crippen molar-refractivity contribution in [1.82, 2.24) is 18.6 Å². The highest BCUT2D eigenvalue weighted by Crippen LogP contribution is 2.38. The average molecular weight is 358 g/mol. The fourth-order valence-corrected chi connectivity index (χ4v) is 5.11. The number of benzene rings is 1. The van der Waals surface area contributed by atoms with Crippen LogP contribution in [0.25, 0.3) is 0 Å². The van der Waals surface area contributed by atoms with Gasteiger partial charge in [0.15, 0.2) is 0 Å². The van der Waals surface area contributed by atoms with Crippen molar-refractivity contribution in [2.75, 3.05) is 0 Å². The molecular formula is C17H18N4O3S. The van der Waals surface area contributed by atoms with E-state index in [-0.39, 0.29) is 18.6 Å². The quantitative estimate of drug-likeness (QED) is 0.894. The second-order valence-electron chi connectivity index (χ2n) is 6.96. The third kappa shape index (κ3) is 2.44. The maximum atomic E-state index is 13.0. The minimum Gasteiger partial charge on any atom is -0.310 e. The number of aromatic nitrogens is 2. The first kappa shape index (κ1) is 15.2. The normalized spacial score (nSPS) is 20.6. The Kier molecular flexibility index (Phi) is 3.19. The molecule has 1 saturated carbocycles. The Morgan fingerprint density at radius 1 is 1.00 bits per heavy atom. The molecule has 0 spiro atoms. The molecular weight excluding hydrogens is 340 g/mol. The number of fused-ring (bicyclic) bond motifs is 2. The minimum absolute atomic E-state index is 0.0950. The van der Waals surface area contributed by atoms with Crippen LogP contribution >= 0.6 is 0 Å². The molecule has 1 aromatic heterocycles. The second-order valence-corrected chi connectivity index (χ2v) is 8.89. The van der Waals surface area contributed by atoms with E-state index in [9.17, 15) is 13.2 Å². The number of nitrogens with zero attached hydrogens (tertiary/aromatic N) is 3. The van der Waals surface area contributed by atoms with Crippen LogP contribution in [-0.2, 0) is 36.4 Å². The Labute approximate surface area is 145 Å². The molecule has 0 amide bonds. The first-order valence-electron chi connectivity index (χ1n) is 8.46. The van der Waals surface area contributed by atoms with E-state index >= 15 is 0 Å². The largest absolute Gasteiger partial charge is 0.310 e. The first-order valence-corrected chi connectivity index (χ1v) is 9.86. The van der Waals surface area contributed by atoms with Crippen LogP contribution in [0.1, 0.15) is 47.0 Å². The van der Waals surface area contributed by atoms with E-state index < -0.39 is 10.2 Å². The summed E-state index contributed by atoms with van der Waals surface area (Å²) in [6, 6.07) is 7.75. The maximum Gasteiger partial charge on any atom is 0.283 e. The van der Waals surface area contributed by atoms with Gasteiger partial charge in [-0.25, -0.2) is 4.98 Å². The first-order chi connectivity index (χ1) is 12.0. The van der Waals surface area contributed by atoms with Crippen molar-refractivity contribution < 1.29 is 8.42 Å². The SMILES string of the molecule is O=c1[nH]c(C2CC2)nc2c1CN(S(=O)(=O)N1Cc3ccccc3C1)C2. The third-order valence-electron chi connectivity index (χ3n) is 5.21. The number of H-pyrrole nitrogens is 1. The van der Waals surface area contributed by atoms with Gasteiger partial charge in [-0.05, 0) is 24.0 Å². The molecule has 1 aromatic carbocycles. The monoisotopic (exact) mass is 358 g/mol. The summed E-state index contributed by atoms with van der Waals surface area (Å²) >= 11 is 0. The van der Waals surface area contributed by atoms with E-state index in [1.165, 1.54) is 8.61 Å². The van der Waals surface area contributed by atoms with Gasteiger partial charge in [0.25, 0.3) is 15.8 Å². The molecule has 3 aliphatic rings. The predicted octanol–water partition coefficient (Wildman–Crippen LogP) is 1.22. The summed E-state index contributed by atoms with van der Waals surface area (Å²) in [4.78, 5) is 19.7. The topological polar surface area (TPSA) is 86.4 Å². The van der Waals surface area contributed by atoms with Crippen LogP contribution in [0.15, 0.2) is 29.1 Å². The molecule has 1 fully saturated rings. The summed E-state index contributed by atoms with van der Waals surface area (Å²) in [5.41, 5.74) is 2.95. The van der Waals surface area contributed by atoms with E-state index in [4.69, 9.17) is 0 Å². The van der Waals surface area contributed by atoms with Gasteiger partial charge in [-0.2, -0.15) is 17.0 Å². The fraction of sp³-hybridized carbons (Fsp3) is 0.412. The number of nitrogens with one attached hydrogen (secondary N) is 1. The smallest absolute Gasteiger partial charge is 0.283 e. The van der Waals surface area contributed by atoms with Crippen LogP contribution in [0.2, 0.25) is 0 Å². The Balaban J connectivity index is 1.43. The highest BCUT2D eigenvalue weighted by atomic mass is 32.2. The lowest BCUT2D eigenvalue weighted by Crippen LogP contribution is -2.38. The van der Waals surface area contributed by atoms with E-state index in [0.717, 1.165) is 24.0 Å². The molecule has 7 nitrogen and oxygen atoms in total. The average Bonchev–Trinajstić information content (AvgIpc) is 3.18. The molecule has 2 aromatic rings. The van der Waals surface area contributed by atoms with Crippen LogP contribution in [0, 0.1) is 0 Å². The number of hydrogen-bond donors (Lipinski definition) is 1. The highest BCUT2D eigenvalue weighted by Gasteiger charge is 2.39. The standard InChI is InChI=1S/C17H18N4O3S/c22-17-14-9-21(10-15(14)18-16(19-17)11-5-6-11)25(23,24)20-7-12-3-1-2-4-13(12)8-20/h1-4,11H,5-10H2,(H,18,19,22). The number of hydrogen-bond acceptors (Lipinski definition) is 4. The lowest BCUT2D eigenvalue weighted by Gasteiger charge is -2.22. The summed E-state index contributed by atoms with van der Waals surface area (Å²) in [6.07, 6.45) is 2.07. The summed E-state index contributed by atoms with van der Waals surface area (Å²) in [7, 11) is -3.63. The highest BCUT2D eigenvalue weighted by molar-refractivity contribution is 7.86. The molecule has 0 atom stereocenters. The molecule has 2 aliphatic heterocycles.